The fourth-order valence-electron chi connectivity index (χ4n) is 3.17. The molecule has 0 fully saturated rings. The zero-order chi connectivity index (χ0) is 17.1. The Morgan fingerprint density at radius 2 is 0.917 bits per heavy atom. The van der Waals surface area contributed by atoms with Gasteiger partial charge in [0.15, 0.2) is 0 Å². The number of aryl methyl sites for hydroxylation is 4. The fraction of sp³-hybridized carbons (Fsp3) is 0.250. The van der Waals surface area contributed by atoms with E-state index in [0.29, 0.717) is 0 Å². The van der Waals surface area contributed by atoms with Crippen LogP contribution in [0.2, 0.25) is 0 Å². The van der Waals surface area contributed by atoms with Crippen LogP contribution >= 0.6 is 0 Å². The van der Waals surface area contributed by atoms with Crippen LogP contribution in [0, 0.1) is 27.7 Å². The van der Waals surface area contributed by atoms with Gasteiger partial charge >= 0.3 is 0 Å². The molecule has 0 heterocycles. The Labute approximate surface area is 146 Å². The molecule has 0 radical (unpaired) electrons. The van der Waals surface area contributed by atoms with Crippen molar-refractivity contribution < 1.29 is 0 Å². The van der Waals surface area contributed by atoms with Crippen LogP contribution in [0.3, 0.4) is 0 Å². The van der Waals surface area contributed by atoms with Gasteiger partial charge in [-0.15, -0.1) is 0 Å². The second-order valence-corrected chi connectivity index (χ2v) is 6.96. The van der Waals surface area contributed by atoms with Crippen molar-refractivity contribution >= 4 is 0 Å². The summed E-state index contributed by atoms with van der Waals surface area (Å²) in [5.41, 5.74) is 11.1. The lowest BCUT2D eigenvalue weighted by atomic mass is 9.93. The lowest BCUT2D eigenvalue weighted by molar-refractivity contribution is 1.08. The third-order valence-electron chi connectivity index (χ3n) is 5.05. The van der Waals surface area contributed by atoms with Gasteiger partial charge in [0.25, 0.3) is 0 Å². The molecule has 0 atom stereocenters. The smallest absolute Gasteiger partial charge is 0.00228 e. The second kappa shape index (κ2) is 7.05. The highest BCUT2D eigenvalue weighted by Gasteiger charge is 2.06. The van der Waals surface area contributed by atoms with Crippen LogP contribution < -0.4 is 0 Å². The van der Waals surface area contributed by atoms with Gasteiger partial charge in [-0.25, -0.2) is 0 Å². The minimum atomic E-state index is 1.00. The Bertz CT molecular complexity index is 783. The first-order valence-electron chi connectivity index (χ1n) is 8.72. The molecule has 0 nitrogen and oxygen atoms in total. The SMILES string of the molecule is Cc1ccc(Cc2ccccc2Cc2ccc(C)c(C)c2)cc1C. The Kier molecular flexibility index (Phi) is 4.85. The Balaban J connectivity index is 1.87. The molecule has 0 N–H and O–H groups in total. The van der Waals surface area contributed by atoms with Crippen LogP contribution in [-0.4, -0.2) is 0 Å². The highest BCUT2D eigenvalue weighted by atomic mass is 14.1. The number of hydrogen-bond acceptors (Lipinski definition) is 0. The third-order valence-corrected chi connectivity index (χ3v) is 5.05. The molecule has 0 heteroatoms. The van der Waals surface area contributed by atoms with Crippen molar-refractivity contribution in [3.8, 4) is 0 Å². The van der Waals surface area contributed by atoms with Crippen LogP contribution in [-0.2, 0) is 12.8 Å². The first kappa shape index (κ1) is 16.5. The molecule has 0 unspecified atom stereocenters. The summed E-state index contributed by atoms with van der Waals surface area (Å²) in [7, 11) is 0. The van der Waals surface area contributed by atoms with E-state index in [1.807, 2.05) is 0 Å². The predicted molar refractivity (Wildman–Crippen MR) is 104 cm³/mol. The molecule has 0 bridgehead atoms. The Hall–Kier alpha value is -2.34. The van der Waals surface area contributed by atoms with E-state index in [9.17, 15) is 0 Å². The maximum absolute atomic E-state index is 2.32. The molecule has 0 amide bonds. The van der Waals surface area contributed by atoms with E-state index >= 15 is 0 Å². The molecule has 0 saturated heterocycles. The van der Waals surface area contributed by atoms with Gasteiger partial charge in [0.05, 0.1) is 0 Å². The van der Waals surface area contributed by atoms with Crippen LogP contribution in [0.5, 0.6) is 0 Å². The first-order chi connectivity index (χ1) is 11.5. The number of rotatable bonds is 4. The van der Waals surface area contributed by atoms with E-state index < -0.39 is 0 Å². The molecule has 0 spiro atoms. The normalized spacial score (nSPS) is 10.8. The Morgan fingerprint density at radius 3 is 1.29 bits per heavy atom. The molecule has 3 rings (SSSR count). The minimum absolute atomic E-state index is 1.00. The van der Waals surface area contributed by atoms with Gasteiger partial charge in [-0.1, -0.05) is 60.7 Å². The van der Waals surface area contributed by atoms with E-state index in [2.05, 4.69) is 88.4 Å². The summed E-state index contributed by atoms with van der Waals surface area (Å²) in [4.78, 5) is 0. The lowest BCUT2D eigenvalue weighted by Gasteiger charge is -2.12. The van der Waals surface area contributed by atoms with E-state index in [-0.39, 0.29) is 0 Å². The van der Waals surface area contributed by atoms with Gasteiger partial charge in [0.1, 0.15) is 0 Å². The molecule has 0 saturated carbocycles. The molecule has 3 aromatic carbocycles. The summed E-state index contributed by atoms with van der Waals surface area (Å²) >= 11 is 0. The summed E-state index contributed by atoms with van der Waals surface area (Å²) in [5.74, 6) is 0. The van der Waals surface area contributed by atoms with Crippen molar-refractivity contribution in [2.75, 3.05) is 0 Å². The molecule has 122 valence electrons. The zero-order valence-electron chi connectivity index (χ0n) is 15.2. The molecule has 0 aliphatic heterocycles. The number of benzene rings is 3. The van der Waals surface area contributed by atoms with Gasteiger partial charge in [-0.3, -0.25) is 0 Å². The maximum Gasteiger partial charge on any atom is -0.00228 e. The fourth-order valence-corrected chi connectivity index (χ4v) is 3.17. The molecule has 0 aliphatic carbocycles. The first-order valence-corrected chi connectivity index (χ1v) is 8.72. The molecular weight excluding hydrogens is 288 g/mol. The lowest BCUT2D eigenvalue weighted by Crippen LogP contribution is -1.98. The van der Waals surface area contributed by atoms with Crippen LogP contribution in [0.25, 0.3) is 0 Å². The van der Waals surface area contributed by atoms with Crippen LogP contribution in [0.4, 0.5) is 0 Å². The summed E-state index contributed by atoms with van der Waals surface area (Å²) in [5, 5.41) is 0. The average molecular weight is 314 g/mol. The van der Waals surface area contributed by atoms with Crippen molar-refractivity contribution in [1.82, 2.24) is 0 Å². The van der Waals surface area contributed by atoms with E-state index in [0.717, 1.165) is 12.8 Å². The molecule has 3 aromatic rings. The third kappa shape index (κ3) is 3.76. The monoisotopic (exact) mass is 314 g/mol. The largest absolute Gasteiger partial charge is 0.0620 e. The van der Waals surface area contributed by atoms with Crippen LogP contribution in [0.15, 0.2) is 60.7 Å². The molecule has 0 aromatic heterocycles. The van der Waals surface area contributed by atoms with Gasteiger partial charge in [0.2, 0.25) is 0 Å². The summed E-state index contributed by atoms with van der Waals surface area (Å²) in [6.45, 7) is 8.74. The Morgan fingerprint density at radius 1 is 0.500 bits per heavy atom. The maximum atomic E-state index is 2.32. The van der Waals surface area contributed by atoms with Crippen molar-refractivity contribution in [2.24, 2.45) is 0 Å². The molecule has 0 aliphatic rings. The highest BCUT2D eigenvalue weighted by molar-refractivity contribution is 5.40. The molecular formula is C24H26. The minimum Gasteiger partial charge on any atom is -0.0620 e. The molecule has 24 heavy (non-hydrogen) atoms. The van der Waals surface area contributed by atoms with Crippen molar-refractivity contribution in [3.63, 3.8) is 0 Å². The van der Waals surface area contributed by atoms with Gasteiger partial charge in [-0.2, -0.15) is 0 Å². The predicted octanol–water partition coefficient (Wildman–Crippen LogP) is 6.10. The second-order valence-electron chi connectivity index (χ2n) is 6.96. The van der Waals surface area contributed by atoms with Crippen molar-refractivity contribution in [1.29, 1.82) is 0 Å². The summed E-state index contributed by atoms with van der Waals surface area (Å²) in [6, 6.07) is 22.5. The zero-order valence-corrected chi connectivity index (χ0v) is 15.2. The van der Waals surface area contributed by atoms with E-state index in [4.69, 9.17) is 0 Å². The quantitative estimate of drug-likeness (QED) is 0.545. The van der Waals surface area contributed by atoms with Crippen molar-refractivity contribution in [3.05, 3.63) is 105 Å². The van der Waals surface area contributed by atoms with Crippen LogP contribution in [0.1, 0.15) is 44.5 Å². The summed E-state index contributed by atoms with van der Waals surface area (Å²) in [6.07, 6.45) is 2.00. The van der Waals surface area contributed by atoms with Gasteiger partial charge in [0, 0.05) is 0 Å². The van der Waals surface area contributed by atoms with Gasteiger partial charge in [-0.05, 0) is 85.0 Å². The standard InChI is InChI=1S/C24H26/c1-17-9-11-21(13-19(17)3)15-23-7-5-6-8-24(23)16-22-12-10-18(2)20(4)14-22/h5-14H,15-16H2,1-4H3. The van der Waals surface area contributed by atoms with Crippen molar-refractivity contribution in [2.45, 2.75) is 40.5 Å². The highest BCUT2D eigenvalue weighted by Crippen LogP contribution is 2.21. The summed E-state index contributed by atoms with van der Waals surface area (Å²) < 4.78 is 0. The van der Waals surface area contributed by atoms with E-state index in [1.165, 1.54) is 44.5 Å². The number of hydrogen-bond donors (Lipinski definition) is 0. The average Bonchev–Trinajstić information content (AvgIpc) is 2.56. The topological polar surface area (TPSA) is 0 Å². The van der Waals surface area contributed by atoms with E-state index in [1.54, 1.807) is 0 Å². The van der Waals surface area contributed by atoms with Gasteiger partial charge < -0.3 is 0 Å².